The molecule has 1 rings (SSSR count). The molecule has 3 N–H and O–H groups in total. The lowest BCUT2D eigenvalue weighted by Gasteiger charge is -2.40. The molecule has 88 valence electrons. The van der Waals surface area contributed by atoms with E-state index in [1.165, 1.54) is 0 Å². The van der Waals surface area contributed by atoms with Crippen LogP contribution in [0.25, 0.3) is 0 Å². The van der Waals surface area contributed by atoms with Gasteiger partial charge in [-0.3, -0.25) is 0 Å². The first-order valence-corrected chi connectivity index (χ1v) is 5.23. The minimum absolute atomic E-state index is 0.245. The predicted molar refractivity (Wildman–Crippen MR) is 56.3 cm³/mol. The Morgan fingerprint density at radius 1 is 1.27 bits per heavy atom. The first kappa shape index (κ1) is 12.3. The van der Waals surface area contributed by atoms with Crippen molar-refractivity contribution in [3.8, 4) is 0 Å². The quantitative estimate of drug-likeness (QED) is 0.618. The second-order valence-corrected chi connectivity index (χ2v) is 5.00. The lowest BCUT2D eigenvalue weighted by Crippen LogP contribution is -2.50. The van der Waals surface area contributed by atoms with Gasteiger partial charge in [0.15, 0.2) is 5.76 Å². The van der Waals surface area contributed by atoms with E-state index in [2.05, 4.69) is 0 Å². The highest BCUT2D eigenvalue weighted by Crippen LogP contribution is 2.34. The molecule has 0 radical (unpaired) electrons. The van der Waals surface area contributed by atoms with Crippen molar-refractivity contribution in [2.45, 2.75) is 52.4 Å². The molecule has 4 heteroatoms. The van der Waals surface area contributed by atoms with Crippen LogP contribution in [0.15, 0.2) is 11.5 Å². The highest BCUT2D eigenvalue weighted by atomic mass is 16.5. The van der Waals surface area contributed by atoms with Gasteiger partial charge in [-0.2, -0.15) is 0 Å². The Morgan fingerprint density at radius 3 is 2.20 bits per heavy atom. The molecule has 0 bridgehead atoms. The summed E-state index contributed by atoms with van der Waals surface area (Å²) in [6, 6.07) is 0. The van der Waals surface area contributed by atoms with Crippen molar-refractivity contribution in [1.29, 1.82) is 0 Å². The van der Waals surface area contributed by atoms with Crippen LogP contribution in [0, 0.1) is 5.41 Å². The van der Waals surface area contributed by atoms with Crippen molar-refractivity contribution >= 4 is 0 Å². The minimum Gasteiger partial charge on any atom is -0.506 e. The fraction of sp³-hybridized carbons (Fsp3) is 0.818. The molecule has 4 nitrogen and oxygen atoms in total. The maximum Gasteiger partial charge on any atom is 0.161 e. The molecule has 0 aromatic heterocycles. The average Bonchev–Trinajstić information content (AvgIpc) is 2.13. The topological polar surface area (TPSA) is 69.9 Å². The molecule has 0 spiro atoms. The number of allylic oxidation sites excluding steroid dienone is 1. The molecule has 0 fully saturated rings. The molecule has 1 aliphatic heterocycles. The number of ether oxygens (including phenoxy) is 1. The lowest BCUT2D eigenvalue weighted by molar-refractivity contribution is -0.134. The molecule has 0 saturated heterocycles. The Hall–Kier alpha value is -0.740. The molecule has 3 atom stereocenters. The monoisotopic (exact) mass is 216 g/mol. The first-order chi connectivity index (χ1) is 6.79. The minimum atomic E-state index is -1.24. The summed E-state index contributed by atoms with van der Waals surface area (Å²) in [5.41, 5.74) is -0.290. The van der Waals surface area contributed by atoms with E-state index < -0.39 is 18.3 Å². The zero-order valence-electron chi connectivity index (χ0n) is 9.69. The highest BCUT2D eigenvalue weighted by Gasteiger charge is 2.43. The molecule has 15 heavy (non-hydrogen) atoms. The van der Waals surface area contributed by atoms with Crippen LogP contribution in [0.4, 0.5) is 0 Å². The summed E-state index contributed by atoms with van der Waals surface area (Å²) in [7, 11) is 0. The fourth-order valence-electron chi connectivity index (χ4n) is 1.73. The second kappa shape index (κ2) is 4.02. The number of hydrogen-bond acceptors (Lipinski definition) is 4. The van der Waals surface area contributed by atoms with Gasteiger partial charge in [0.25, 0.3) is 0 Å². The van der Waals surface area contributed by atoms with E-state index in [1.54, 1.807) is 0 Å². The second-order valence-electron chi connectivity index (χ2n) is 5.00. The Labute approximate surface area is 90.2 Å². The van der Waals surface area contributed by atoms with Gasteiger partial charge in [-0.25, -0.2) is 0 Å². The van der Waals surface area contributed by atoms with E-state index in [1.807, 2.05) is 27.7 Å². The van der Waals surface area contributed by atoms with E-state index in [0.29, 0.717) is 12.2 Å². The Kier molecular flexibility index (Phi) is 3.31. The fourth-order valence-corrected chi connectivity index (χ4v) is 1.73. The number of aliphatic hydroxyl groups is 3. The molecular formula is C11H20O4. The molecule has 0 saturated carbocycles. The molecule has 0 aromatic carbocycles. The summed E-state index contributed by atoms with van der Waals surface area (Å²) < 4.78 is 5.51. The van der Waals surface area contributed by atoms with Gasteiger partial charge in [0, 0.05) is 11.8 Å². The average molecular weight is 216 g/mol. The summed E-state index contributed by atoms with van der Waals surface area (Å²) in [6.45, 7) is 7.59. The van der Waals surface area contributed by atoms with Gasteiger partial charge >= 0.3 is 0 Å². The maximum absolute atomic E-state index is 9.79. The number of hydrogen-bond donors (Lipinski definition) is 3. The summed E-state index contributed by atoms with van der Waals surface area (Å²) >= 11 is 0. The lowest BCUT2D eigenvalue weighted by atomic mass is 9.82. The van der Waals surface area contributed by atoms with Crippen molar-refractivity contribution in [2.24, 2.45) is 5.41 Å². The SMILES string of the molecule is CCC1=C(O)C(O)C(O)C(C(C)(C)C)O1. The summed E-state index contributed by atoms with van der Waals surface area (Å²) in [5, 5.41) is 29.0. The van der Waals surface area contributed by atoms with Gasteiger partial charge in [0.1, 0.15) is 24.1 Å². The third kappa shape index (κ3) is 2.26. The van der Waals surface area contributed by atoms with Crippen LogP contribution in [0.1, 0.15) is 34.1 Å². The van der Waals surface area contributed by atoms with E-state index in [0.717, 1.165) is 0 Å². The largest absolute Gasteiger partial charge is 0.506 e. The summed E-state index contributed by atoms with van der Waals surface area (Å²) in [4.78, 5) is 0. The van der Waals surface area contributed by atoms with Crippen LogP contribution in [-0.4, -0.2) is 33.6 Å². The van der Waals surface area contributed by atoms with Crippen molar-refractivity contribution in [3.63, 3.8) is 0 Å². The standard InChI is InChI=1S/C11H20O4/c1-5-6-7(12)8(13)9(14)10(15-6)11(2,3)4/h8-10,12-14H,5H2,1-4H3. The summed E-state index contributed by atoms with van der Waals surface area (Å²) in [5.74, 6) is 0.123. The van der Waals surface area contributed by atoms with Gasteiger partial charge in [0.2, 0.25) is 0 Å². The molecule has 1 heterocycles. The van der Waals surface area contributed by atoms with Crippen molar-refractivity contribution < 1.29 is 20.1 Å². The van der Waals surface area contributed by atoms with Crippen LogP contribution < -0.4 is 0 Å². The predicted octanol–water partition coefficient (Wildman–Crippen LogP) is 1.33. The number of aliphatic hydroxyl groups excluding tert-OH is 3. The van der Waals surface area contributed by atoms with Gasteiger partial charge in [-0.1, -0.05) is 27.7 Å². The van der Waals surface area contributed by atoms with Gasteiger partial charge in [-0.05, 0) is 0 Å². The van der Waals surface area contributed by atoms with Crippen LogP contribution in [0.5, 0.6) is 0 Å². The van der Waals surface area contributed by atoms with Crippen LogP contribution in [-0.2, 0) is 4.74 Å². The molecule has 1 aliphatic rings. The number of rotatable bonds is 1. The van der Waals surface area contributed by atoms with Crippen molar-refractivity contribution in [1.82, 2.24) is 0 Å². The van der Waals surface area contributed by atoms with Crippen LogP contribution in [0.3, 0.4) is 0 Å². The van der Waals surface area contributed by atoms with Crippen molar-refractivity contribution in [2.75, 3.05) is 0 Å². The van der Waals surface area contributed by atoms with Gasteiger partial charge in [-0.15, -0.1) is 0 Å². The highest BCUT2D eigenvalue weighted by molar-refractivity contribution is 5.13. The smallest absolute Gasteiger partial charge is 0.161 e. The van der Waals surface area contributed by atoms with E-state index >= 15 is 0 Å². The van der Waals surface area contributed by atoms with E-state index in [9.17, 15) is 15.3 Å². The molecule has 0 amide bonds. The zero-order valence-corrected chi connectivity index (χ0v) is 9.69. The Bertz CT molecular complexity index is 264. The first-order valence-electron chi connectivity index (χ1n) is 5.23. The third-order valence-electron chi connectivity index (χ3n) is 2.64. The van der Waals surface area contributed by atoms with E-state index in [4.69, 9.17) is 4.74 Å². The molecule has 3 unspecified atom stereocenters. The summed E-state index contributed by atoms with van der Waals surface area (Å²) in [6.07, 6.45) is -2.32. The Balaban J connectivity index is 3.00. The Morgan fingerprint density at radius 2 is 1.80 bits per heavy atom. The van der Waals surface area contributed by atoms with Gasteiger partial charge < -0.3 is 20.1 Å². The molecular weight excluding hydrogens is 196 g/mol. The van der Waals surface area contributed by atoms with Gasteiger partial charge in [0.05, 0.1) is 0 Å². The van der Waals surface area contributed by atoms with Crippen molar-refractivity contribution in [3.05, 3.63) is 11.5 Å². The van der Waals surface area contributed by atoms with Crippen LogP contribution in [0.2, 0.25) is 0 Å². The van der Waals surface area contributed by atoms with E-state index in [-0.39, 0.29) is 11.2 Å². The van der Waals surface area contributed by atoms with Crippen LogP contribution >= 0.6 is 0 Å². The molecule has 0 aromatic rings. The molecule has 0 aliphatic carbocycles. The normalized spacial score (nSPS) is 32.8. The third-order valence-corrected chi connectivity index (χ3v) is 2.64. The maximum atomic E-state index is 9.79. The zero-order chi connectivity index (χ0) is 11.8.